The number of carbonyl (C=O) groups is 3. The van der Waals surface area contributed by atoms with Crippen molar-refractivity contribution in [3.63, 3.8) is 0 Å². The SMILES string of the molecule is CCOc1ccccc1NC(=O)COC(=O)CCC(=O)Nc1cccc(C(F)(F)F)c1. The largest absolute Gasteiger partial charge is 0.492 e. The van der Waals surface area contributed by atoms with Gasteiger partial charge in [-0.3, -0.25) is 14.4 Å². The van der Waals surface area contributed by atoms with Gasteiger partial charge in [0.05, 0.1) is 24.3 Å². The molecule has 0 aliphatic carbocycles. The lowest BCUT2D eigenvalue weighted by Gasteiger charge is -2.11. The average Bonchev–Trinajstić information content (AvgIpc) is 2.72. The molecule has 166 valence electrons. The van der Waals surface area contributed by atoms with E-state index in [-0.39, 0.29) is 18.5 Å². The fourth-order valence-electron chi connectivity index (χ4n) is 2.47. The molecule has 10 heteroatoms. The first kappa shape index (κ1) is 23.7. The molecule has 2 aromatic rings. The smallest absolute Gasteiger partial charge is 0.416 e. The Morgan fingerprint density at radius 1 is 0.935 bits per heavy atom. The highest BCUT2D eigenvalue weighted by molar-refractivity contribution is 5.95. The van der Waals surface area contributed by atoms with Crippen LogP contribution < -0.4 is 15.4 Å². The van der Waals surface area contributed by atoms with E-state index in [1.165, 1.54) is 6.07 Å². The van der Waals surface area contributed by atoms with Crippen molar-refractivity contribution in [2.75, 3.05) is 23.8 Å². The fourth-order valence-corrected chi connectivity index (χ4v) is 2.47. The molecule has 7 nitrogen and oxygen atoms in total. The van der Waals surface area contributed by atoms with Crippen LogP contribution in [0.25, 0.3) is 0 Å². The average molecular weight is 438 g/mol. The monoisotopic (exact) mass is 438 g/mol. The third-order valence-corrected chi connectivity index (χ3v) is 3.86. The van der Waals surface area contributed by atoms with E-state index in [0.29, 0.717) is 18.0 Å². The van der Waals surface area contributed by atoms with Crippen LogP contribution in [0.5, 0.6) is 5.75 Å². The summed E-state index contributed by atoms with van der Waals surface area (Å²) < 4.78 is 48.3. The number of carbonyl (C=O) groups excluding carboxylic acids is 3. The van der Waals surface area contributed by atoms with Crippen molar-refractivity contribution in [3.8, 4) is 5.75 Å². The van der Waals surface area contributed by atoms with E-state index in [0.717, 1.165) is 18.2 Å². The molecule has 2 amide bonds. The molecule has 0 aliphatic heterocycles. The molecule has 0 bridgehead atoms. The molecule has 0 unspecified atom stereocenters. The Kier molecular flexibility index (Phi) is 8.42. The number of esters is 1. The maximum atomic E-state index is 12.7. The first-order valence-electron chi connectivity index (χ1n) is 9.33. The van der Waals surface area contributed by atoms with Gasteiger partial charge in [-0.1, -0.05) is 18.2 Å². The number of ether oxygens (including phenoxy) is 2. The van der Waals surface area contributed by atoms with Gasteiger partial charge >= 0.3 is 12.1 Å². The van der Waals surface area contributed by atoms with Crippen LogP contribution in [0, 0.1) is 0 Å². The third-order valence-electron chi connectivity index (χ3n) is 3.86. The number of hydrogen-bond donors (Lipinski definition) is 2. The molecule has 2 N–H and O–H groups in total. The summed E-state index contributed by atoms with van der Waals surface area (Å²) in [7, 11) is 0. The molecule has 0 radical (unpaired) electrons. The van der Waals surface area contributed by atoms with Gasteiger partial charge in [0.15, 0.2) is 6.61 Å². The molecule has 0 saturated carbocycles. The van der Waals surface area contributed by atoms with Crippen LogP contribution in [0.2, 0.25) is 0 Å². The van der Waals surface area contributed by atoms with Gasteiger partial charge in [0.2, 0.25) is 5.91 Å². The number of para-hydroxylation sites is 2. The standard InChI is InChI=1S/C21H21F3N2O5/c1-2-30-17-9-4-3-8-16(17)26-19(28)13-31-20(29)11-10-18(27)25-15-7-5-6-14(12-15)21(22,23)24/h3-9,12H,2,10-11,13H2,1H3,(H,25,27)(H,26,28). The Morgan fingerprint density at radius 3 is 2.39 bits per heavy atom. The van der Waals surface area contributed by atoms with Crippen LogP contribution in [0.1, 0.15) is 25.3 Å². The quantitative estimate of drug-likeness (QED) is 0.577. The molecule has 0 fully saturated rings. The second kappa shape index (κ2) is 11.0. The van der Waals surface area contributed by atoms with Gasteiger partial charge in [-0.15, -0.1) is 0 Å². The fraction of sp³-hybridized carbons (Fsp3) is 0.286. The predicted octanol–water partition coefficient (Wildman–Crippen LogP) is 4.00. The molecule has 0 saturated heterocycles. The number of rotatable bonds is 9. The topological polar surface area (TPSA) is 93.7 Å². The van der Waals surface area contributed by atoms with Crippen LogP contribution in [0.15, 0.2) is 48.5 Å². The highest BCUT2D eigenvalue weighted by Crippen LogP contribution is 2.30. The number of anilines is 2. The van der Waals surface area contributed by atoms with Crippen molar-refractivity contribution >= 4 is 29.2 Å². The summed E-state index contributed by atoms with van der Waals surface area (Å²) in [5.74, 6) is -1.58. The van der Waals surface area contributed by atoms with Gasteiger partial charge in [-0.2, -0.15) is 13.2 Å². The first-order valence-corrected chi connectivity index (χ1v) is 9.33. The lowest BCUT2D eigenvalue weighted by atomic mass is 10.2. The summed E-state index contributed by atoms with van der Waals surface area (Å²) in [6.45, 7) is 1.64. The van der Waals surface area contributed by atoms with Gasteiger partial charge in [-0.25, -0.2) is 0 Å². The number of benzene rings is 2. The molecule has 2 aromatic carbocycles. The normalized spacial score (nSPS) is 10.8. The summed E-state index contributed by atoms with van der Waals surface area (Å²) in [4.78, 5) is 35.6. The molecule has 31 heavy (non-hydrogen) atoms. The summed E-state index contributed by atoms with van der Waals surface area (Å²) in [5.41, 5.74) is -0.520. The van der Waals surface area contributed by atoms with Crippen molar-refractivity contribution in [2.45, 2.75) is 25.9 Å². The molecular formula is C21H21F3N2O5. The number of hydrogen-bond acceptors (Lipinski definition) is 5. The molecule has 0 heterocycles. The molecule has 0 atom stereocenters. The van der Waals surface area contributed by atoms with E-state index in [1.54, 1.807) is 31.2 Å². The van der Waals surface area contributed by atoms with E-state index in [9.17, 15) is 27.6 Å². The number of amides is 2. The second-order valence-electron chi connectivity index (χ2n) is 6.26. The zero-order chi connectivity index (χ0) is 22.9. The van der Waals surface area contributed by atoms with E-state index in [2.05, 4.69) is 10.6 Å². The molecule has 0 aliphatic rings. The van der Waals surface area contributed by atoms with E-state index in [4.69, 9.17) is 9.47 Å². The zero-order valence-corrected chi connectivity index (χ0v) is 16.6. The van der Waals surface area contributed by atoms with Crippen LogP contribution >= 0.6 is 0 Å². The van der Waals surface area contributed by atoms with Crippen molar-refractivity contribution in [1.29, 1.82) is 0 Å². The van der Waals surface area contributed by atoms with E-state index in [1.807, 2.05) is 0 Å². The number of alkyl halides is 3. The van der Waals surface area contributed by atoms with Crippen LogP contribution in [0.3, 0.4) is 0 Å². The Balaban J connectivity index is 1.75. The van der Waals surface area contributed by atoms with Gasteiger partial charge in [0, 0.05) is 12.1 Å². The molecular weight excluding hydrogens is 417 g/mol. The minimum atomic E-state index is -4.53. The van der Waals surface area contributed by atoms with Crippen molar-refractivity contribution in [1.82, 2.24) is 0 Å². The van der Waals surface area contributed by atoms with Crippen LogP contribution in [-0.4, -0.2) is 31.0 Å². The summed E-state index contributed by atoms with van der Waals surface area (Å²) in [6.07, 6.45) is -5.19. The zero-order valence-electron chi connectivity index (χ0n) is 16.6. The van der Waals surface area contributed by atoms with Crippen molar-refractivity contribution in [2.24, 2.45) is 0 Å². The minimum absolute atomic E-state index is 0.0412. The second-order valence-corrected chi connectivity index (χ2v) is 6.26. The summed E-state index contributed by atoms with van der Waals surface area (Å²) in [5, 5.41) is 4.84. The molecule has 0 spiro atoms. The Hall–Kier alpha value is -3.56. The minimum Gasteiger partial charge on any atom is -0.492 e. The van der Waals surface area contributed by atoms with E-state index < -0.39 is 36.1 Å². The Labute approximate surface area is 176 Å². The third kappa shape index (κ3) is 8.00. The van der Waals surface area contributed by atoms with Gasteiger partial charge in [0.25, 0.3) is 5.91 Å². The van der Waals surface area contributed by atoms with Crippen LogP contribution in [0.4, 0.5) is 24.5 Å². The Bertz CT molecular complexity index is 931. The maximum Gasteiger partial charge on any atom is 0.416 e. The van der Waals surface area contributed by atoms with Gasteiger partial charge in [0.1, 0.15) is 5.75 Å². The maximum absolute atomic E-state index is 12.7. The Morgan fingerprint density at radius 2 is 1.68 bits per heavy atom. The number of nitrogens with one attached hydrogen (secondary N) is 2. The molecule has 0 aromatic heterocycles. The first-order chi connectivity index (χ1) is 14.7. The lowest BCUT2D eigenvalue weighted by Crippen LogP contribution is -2.22. The highest BCUT2D eigenvalue weighted by atomic mass is 19.4. The highest BCUT2D eigenvalue weighted by Gasteiger charge is 2.30. The number of halogens is 3. The molecule has 2 rings (SSSR count). The van der Waals surface area contributed by atoms with Crippen molar-refractivity contribution in [3.05, 3.63) is 54.1 Å². The lowest BCUT2D eigenvalue weighted by molar-refractivity contribution is -0.147. The summed E-state index contributed by atoms with van der Waals surface area (Å²) in [6, 6.07) is 10.9. The van der Waals surface area contributed by atoms with Gasteiger partial charge < -0.3 is 20.1 Å². The van der Waals surface area contributed by atoms with Gasteiger partial charge in [-0.05, 0) is 37.3 Å². The van der Waals surface area contributed by atoms with Crippen LogP contribution in [-0.2, 0) is 25.3 Å². The van der Waals surface area contributed by atoms with E-state index >= 15 is 0 Å². The van der Waals surface area contributed by atoms with Crippen molar-refractivity contribution < 1.29 is 37.0 Å². The predicted molar refractivity (Wildman–Crippen MR) is 107 cm³/mol. The summed E-state index contributed by atoms with van der Waals surface area (Å²) >= 11 is 0.